The second-order valence-electron chi connectivity index (χ2n) is 4.30. The van der Waals surface area contributed by atoms with Crippen molar-refractivity contribution >= 4 is 22.3 Å². The van der Waals surface area contributed by atoms with Gasteiger partial charge in [0, 0.05) is 26.2 Å². The van der Waals surface area contributed by atoms with Crippen molar-refractivity contribution in [3.63, 3.8) is 0 Å². The van der Waals surface area contributed by atoms with Gasteiger partial charge in [-0.2, -0.15) is 0 Å². The molecule has 0 radical (unpaired) electrons. The smallest absolute Gasteiger partial charge is 0.0976 e. The van der Waals surface area contributed by atoms with Crippen molar-refractivity contribution < 1.29 is 9.47 Å². The van der Waals surface area contributed by atoms with Crippen LogP contribution in [0.15, 0.2) is 30.5 Å². The maximum atomic E-state index is 5.99. The average molecular weight is 261 g/mol. The second-order valence-corrected chi connectivity index (χ2v) is 4.30. The van der Waals surface area contributed by atoms with E-state index in [1.54, 1.807) is 20.4 Å². The molecular formula is C14H19N3O2. The SMILES string of the molecule is COCC(CNc1c(N)cnc2ccccc12)OC. The van der Waals surface area contributed by atoms with Crippen LogP contribution in [-0.4, -0.2) is 38.5 Å². The van der Waals surface area contributed by atoms with Gasteiger partial charge < -0.3 is 20.5 Å². The lowest BCUT2D eigenvalue weighted by atomic mass is 10.1. The van der Waals surface area contributed by atoms with Crippen LogP contribution < -0.4 is 11.1 Å². The third-order valence-electron chi connectivity index (χ3n) is 3.00. The first-order valence-corrected chi connectivity index (χ1v) is 6.15. The molecule has 1 unspecified atom stereocenters. The van der Waals surface area contributed by atoms with Crippen molar-refractivity contribution in [3.8, 4) is 0 Å². The number of nitrogens with two attached hydrogens (primary N) is 1. The highest BCUT2D eigenvalue weighted by Crippen LogP contribution is 2.27. The van der Waals surface area contributed by atoms with Crippen LogP contribution in [0.4, 0.5) is 11.4 Å². The third-order valence-corrected chi connectivity index (χ3v) is 3.00. The van der Waals surface area contributed by atoms with Crippen LogP contribution >= 0.6 is 0 Å². The number of benzene rings is 1. The first kappa shape index (κ1) is 13.6. The highest BCUT2D eigenvalue weighted by molar-refractivity contribution is 5.96. The van der Waals surface area contributed by atoms with Crippen LogP contribution in [0.1, 0.15) is 0 Å². The van der Waals surface area contributed by atoms with Gasteiger partial charge in [-0.25, -0.2) is 0 Å². The molecule has 19 heavy (non-hydrogen) atoms. The number of nitrogen functional groups attached to an aromatic ring is 1. The molecule has 5 heteroatoms. The normalized spacial score (nSPS) is 12.5. The monoisotopic (exact) mass is 261 g/mol. The second kappa shape index (κ2) is 6.36. The molecule has 0 saturated carbocycles. The molecule has 0 aliphatic rings. The molecule has 3 N–H and O–H groups in total. The van der Waals surface area contributed by atoms with Crippen LogP contribution in [-0.2, 0) is 9.47 Å². The summed E-state index contributed by atoms with van der Waals surface area (Å²) < 4.78 is 10.4. The number of fused-ring (bicyclic) bond motifs is 1. The van der Waals surface area contributed by atoms with E-state index < -0.39 is 0 Å². The topological polar surface area (TPSA) is 69.4 Å². The Bertz CT molecular complexity index is 545. The van der Waals surface area contributed by atoms with Crippen molar-refractivity contribution in [2.24, 2.45) is 0 Å². The van der Waals surface area contributed by atoms with Gasteiger partial charge in [0.15, 0.2) is 0 Å². The van der Waals surface area contributed by atoms with E-state index in [9.17, 15) is 0 Å². The molecule has 0 aliphatic carbocycles. The molecule has 5 nitrogen and oxygen atoms in total. The van der Waals surface area contributed by atoms with Gasteiger partial charge >= 0.3 is 0 Å². The number of ether oxygens (including phenoxy) is 2. The summed E-state index contributed by atoms with van der Waals surface area (Å²) in [5.74, 6) is 0. The number of hydrogen-bond acceptors (Lipinski definition) is 5. The lowest BCUT2D eigenvalue weighted by Crippen LogP contribution is -2.27. The van der Waals surface area contributed by atoms with Crippen molar-refractivity contribution in [3.05, 3.63) is 30.5 Å². The van der Waals surface area contributed by atoms with Gasteiger partial charge in [0.1, 0.15) is 0 Å². The summed E-state index contributed by atoms with van der Waals surface area (Å²) in [6.07, 6.45) is 1.65. The van der Waals surface area contributed by atoms with E-state index >= 15 is 0 Å². The largest absolute Gasteiger partial charge is 0.396 e. The number of pyridine rings is 1. The summed E-state index contributed by atoms with van der Waals surface area (Å²) >= 11 is 0. The summed E-state index contributed by atoms with van der Waals surface area (Å²) in [6.45, 7) is 1.16. The number of rotatable bonds is 6. The van der Waals surface area contributed by atoms with E-state index in [1.807, 2.05) is 24.3 Å². The Hall–Kier alpha value is -1.85. The number of aromatic nitrogens is 1. The van der Waals surface area contributed by atoms with Gasteiger partial charge in [-0.1, -0.05) is 18.2 Å². The molecule has 0 spiro atoms. The van der Waals surface area contributed by atoms with Crippen molar-refractivity contribution in [1.82, 2.24) is 4.98 Å². The number of methoxy groups -OCH3 is 2. The minimum Gasteiger partial charge on any atom is -0.396 e. The zero-order chi connectivity index (χ0) is 13.7. The van der Waals surface area contributed by atoms with Crippen LogP contribution in [0.5, 0.6) is 0 Å². The lowest BCUT2D eigenvalue weighted by Gasteiger charge is -2.17. The third kappa shape index (κ3) is 3.13. The van der Waals surface area contributed by atoms with Gasteiger partial charge in [0.2, 0.25) is 0 Å². The minimum atomic E-state index is -0.0173. The molecule has 0 fully saturated rings. The van der Waals surface area contributed by atoms with E-state index in [-0.39, 0.29) is 6.10 Å². The van der Waals surface area contributed by atoms with Gasteiger partial charge in [0.25, 0.3) is 0 Å². The van der Waals surface area contributed by atoms with Crippen molar-refractivity contribution in [2.45, 2.75) is 6.10 Å². The number of hydrogen-bond donors (Lipinski definition) is 2. The Morgan fingerprint density at radius 3 is 2.84 bits per heavy atom. The van der Waals surface area contributed by atoms with Gasteiger partial charge in [-0.15, -0.1) is 0 Å². The Balaban J connectivity index is 2.22. The van der Waals surface area contributed by atoms with E-state index in [4.69, 9.17) is 15.2 Å². The molecule has 1 aromatic carbocycles. The van der Waals surface area contributed by atoms with Gasteiger partial charge in [-0.05, 0) is 6.07 Å². The lowest BCUT2D eigenvalue weighted by molar-refractivity contribution is 0.0366. The molecule has 0 saturated heterocycles. The Morgan fingerprint density at radius 2 is 2.11 bits per heavy atom. The highest BCUT2D eigenvalue weighted by Gasteiger charge is 2.10. The number of para-hydroxylation sites is 1. The summed E-state index contributed by atoms with van der Waals surface area (Å²) in [5, 5.41) is 4.33. The fourth-order valence-electron chi connectivity index (χ4n) is 1.97. The number of nitrogens with one attached hydrogen (secondary N) is 1. The molecule has 2 rings (SSSR count). The van der Waals surface area contributed by atoms with E-state index in [0.29, 0.717) is 18.8 Å². The fourth-order valence-corrected chi connectivity index (χ4v) is 1.97. The van der Waals surface area contributed by atoms with Gasteiger partial charge in [-0.3, -0.25) is 4.98 Å². The molecule has 1 aromatic heterocycles. The molecule has 1 heterocycles. The first-order chi connectivity index (χ1) is 9.26. The quantitative estimate of drug-likeness (QED) is 0.831. The number of anilines is 2. The molecule has 2 aromatic rings. The summed E-state index contributed by atoms with van der Waals surface area (Å²) in [7, 11) is 3.32. The van der Waals surface area contributed by atoms with Gasteiger partial charge in [0.05, 0.1) is 35.8 Å². The summed E-state index contributed by atoms with van der Waals surface area (Å²) in [6, 6.07) is 7.89. The fraction of sp³-hybridized carbons (Fsp3) is 0.357. The summed E-state index contributed by atoms with van der Waals surface area (Å²) in [4.78, 5) is 4.30. The van der Waals surface area contributed by atoms with Crippen LogP contribution in [0.2, 0.25) is 0 Å². The zero-order valence-corrected chi connectivity index (χ0v) is 11.2. The van der Waals surface area contributed by atoms with Crippen LogP contribution in [0.3, 0.4) is 0 Å². The molecule has 1 atom stereocenters. The molecule has 0 bridgehead atoms. The minimum absolute atomic E-state index is 0.0173. The Labute approximate surface area is 112 Å². The van der Waals surface area contributed by atoms with E-state index in [0.717, 1.165) is 16.6 Å². The van der Waals surface area contributed by atoms with E-state index in [2.05, 4.69) is 10.3 Å². The molecule has 0 amide bonds. The van der Waals surface area contributed by atoms with E-state index in [1.165, 1.54) is 0 Å². The maximum Gasteiger partial charge on any atom is 0.0976 e. The van der Waals surface area contributed by atoms with Crippen molar-refractivity contribution in [2.75, 3.05) is 38.4 Å². The zero-order valence-electron chi connectivity index (χ0n) is 11.2. The van der Waals surface area contributed by atoms with Crippen LogP contribution in [0.25, 0.3) is 10.9 Å². The first-order valence-electron chi connectivity index (χ1n) is 6.15. The van der Waals surface area contributed by atoms with Crippen molar-refractivity contribution in [1.29, 1.82) is 0 Å². The molecule has 0 aliphatic heterocycles. The molecule has 102 valence electrons. The molecular weight excluding hydrogens is 242 g/mol. The maximum absolute atomic E-state index is 5.99. The number of nitrogens with zero attached hydrogens (tertiary/aromatic N) is 1. The highest BCUT2D eigenvalue weighted by atomic mass is 16.5. The van der Waals surface area contributed by atoms with Crippen LogP contribution in [0, 0.1) is 0 Å². The Kier molecular flexibility index (Phi) is 4.54. The standard InChI is InChI=1S/C14H19N3O2/c1-18-9-10(19-2)7-17-14-11-5-3-4-6-13(11)16-8-12(14)15/h3-6,8,10H,7,9,15H2,1-2H3,(H,16,17). The Morgan fingerprint density at radius 1 is 1.32 bits per heavy atom. The predicted molar refractivity (Wildman–Crippen MR) is 77.3 cm³/mol. The predicted octanol–water partition coefficient (Wildman–Crippen LogP) is 1.89. The summed E-state index contributed by atoms with van der Waals surface area (Å²) in [5.41, 5.74) is 8.43. The average Bonchev–Trinajstić information content (AvgIpc) is 2.45.